The fourth-order valence-corrected chi connectivity index (χ4v) is 1.67. The predicted molar refractivity (Wildman–Crippen MR) is 72.4 cm³/mol. The highest BCUT2D eigenvalue weighted by molar-refractivity contribution is 6.28. The number of hydrogen-bond acceptors (Lipinski definition) is 7. The second kappa shape index (κ2) is 6.04. The lowest BCUT2D eigenvalue weighted by atomic mass is 10.2. The molecule has 0 atom stereocenters. The highest BCUT2D eigenvalue weighted by Crippen LogP contribution is 2.30. The van der Waals surface area contributed by atoms with Crippen molar-refractivity contribution in [3.8, 4) is 17.8 Å². The molecule has 0 saturated heterocycles. The Balaban J connectivity index is 2.44. The Bertz CT molecular complexity index is 671. The van der Waals surface area contributed by atoms with E-state index in [9.17, 15) is 0 Å². The van der Waals surface area contributed by atoms with Gasteiger partial charge >= 0.3 is 6.01 Å². The quantitative estimate of drug-likeness (QED) is 0.922. The summed E-state index contributed by atoms with van der Waals surface area (Å²) in [5, 5.41) is 12.0. The first-order chi connectivity index (χ1) is 9.67. The summed E-state index contributed by atoms with van der Waals surface area (Å²) in [5.74, 6) is 0.641. The maximum atomic E-state index is 9.12. The minimum absolute atomic E-state index is 0.0206. The summed E-state index contributed by atoms with van der Waals surface area (Å²) in [4.78, 5) is 11.7. The van der Waals surface area contributed by atoms with Gasteiger partial charge in [-0.2, -0.15) is 20.2 Å². The van der Waals surface area contributed by atoms with Crippen LogP contribution in [0.2, 0.25) is 5.28 Å². The fourth-order valence-electron chi connectivity index (χ4n) is 1.51. The van der Waals surface area contributed by atoms with Crippen LogP contribution in [0.15, 0.2) is 18.2 Å². The minimum atomic E-state index is -0.0206. The van der Waals surface area contributed by atoms with E-state index in [0.717, 1.165) is 0 Å². The fraction of sp³-hybridized carbons (Fsp3) is 0.167. The number of ether oxygens (including phenoxy) is 2. The molecular weight excluding hydrogens is 282 g/mol. The smallest absolute Gasteiger partial charge is 0.322 e. The van der Waals surface area contributed by atoms with Crippen molar-refractivity contribution in [3.63, 3.8) is 0 Å². The van der Waals surface area contributed by atoms with Crippen molar-refractivity contribution in [3.05, 3.63) is 29.0 Å². The van der Waals surface area contributed by atoms with Crippen molar-refractivity contribution in [1.29, 1.82) is 5.26 Å². The van der Waals surface area contributed by atoms with E-state index in [2.05, 4.69) is 26.3 Å². The molecule has 2 aromatic rings. The zero-order valence-electron chi connectivity index (χ0n) is 10.7. The lowest BCUT2D eigenvalue weighted by molar-refractivity contribution is 0.379. The van der Waals surface area contributed by atoms with Gasteiger partial charge in [-0.3, -0.25) is 0 Å². The van der Waals surface area contributed by atoms with Crippen LogP contribution in [0.1, 0.15) is 5.56 Å². The summed E-state index contributed by atoms with van der Waals surface area (Å²) < 4.78 is 10.1. The Labute approximate surface area is 120 Å². The number of aromatic nitrogens is 3. The standard InChI is InChI=1S/C12H10ClN5O2/c1-19-8-5-3-4-7(6-14)9(8)15-11-16-10(13)17-12(18-11)20-2/h3-5H,1-2H3,(H,15,16,17,18). The number of anilines is 2. The normalized spacial score (nSPS) is 9.70. The number of methoxy groups -OCH3 is 2. The van der Waals surface area contributed by atoms with Crippen LogP contribution in [-0.4, -0.2) is 29.2 Å². The van der Waals surface area contributed by atoms with Gasteiger partial charge in [-0.15, -0.1) is 0 Å². The molecular formula is C12H10ClN5O2. The summed E-state index contributed by atoms with van der Waals surface area (Å²) in [5.41, 5.74) is 0.835. The third-order valence-electron chi connectivity index (χ3n) is 2.37. The van der Waals surface area contributed by atoms with Gasteiger partial charge in [0.2, 0.25) is 11.2 Å². The van der Waals surface area contributed by atoms with Crippen LogP contribution in [0, 0.1) is 11.3 Å². The summed E-state index contributed by atoms with van der Waals surface area (Å²) in [6.45, 7) is 0. The highest BCUT2D eigenvalue weighted by atomic mass is 35.5. The first-order valence-corrected chi connectivity index (χ1v) is 5.85. The van der Waals surface area contributed by atoms with Crippen molar-refractivity contribution >= 4 is 23.2 Å². The third kappa shape index (κ3) is 2.87. The summed E-state index contributed by atoms with van der Waals surface area (Å²) in [6, 6.07) is 7.19. The molecule has 20 heavy (non-hydrogen) atoms. The van der Waals surface area contributed by atoms with Crippen LogP contribution in [0.3, 0.4) is 0 Å². The molecule has 8 heteroatoms. The molecule has 0 aliphatic rings. The van der Waals surface area contributed by atoms with E-state index in [-0.39, 0.29) is 17.2 Å². The number of rotatable bonds is 4. The molecule has 7 nitrogen and oxygen atoms in total. The third-order valence-corrected chi connectivity index (χ3v) is 2.54. The Hall–Kier alpha value is -2.59. The molecule has 1 N–H and O–H groups in total. The van der Waals surface area contributed by atoms with Crippen LogP contribution in [0.4, 0.5) is 11.6 Å². The van der Waals surface area contributed by atoms with Crippen molar-refractivity contribution in [2.75, 3.05) is 19.5 Å². The highest BCUT2D eigenvalue weighted by Gasteiger charge is 2.12. The van der Waals surface area contributed by atoms with Crippen molar-refractivity contribution < 1.29 is 9.47 Å². The molecule has 2 rings (SSSR count). The van der Waals surface area contributed by atoms with Gasteiger partial charge in [0, 0.05) is 0 Å². The van der Waals surface area contributed by atoms with Crippen molar-refractivity contribution in [2.45, 2.75) is 0 Å². The van der Waals surface area contributed by atoms with Crippen molar-refractivity contribution in [1.82, 2.24) is 15.0 Å². The lowest BCUT2D eigenvalue weighted by Crippen LogP contribution is -2.04. The van der Waals surface area contributed by atoms with Gasteiger partial charge < -0.3 is 14.8 Å². The molecule has 0 unspecified atom stereocenters. The molecule has 0 bridgehead atoms. The molecule has 1 heterocycles. The van der Waals surface area contributed by atoms with Crippen LogP contribution < -0.4 is 14.8 Å². The second-order valence-corrected chi connectivity index (χ2v) is 3.87. The molecule has 0 fully saturated rings. The van der Waals surface area contributed by atoms with Crippen LogP contribution in [-0.2, 0) is 0 Å². The first-order valence-electron chi connectivity index (χ1n) is 5.47. The molecule has 102 valence electrons. The Morgan fingerprint density at radius 2 is 2.00 bits per heavy atom. The van der Waals surface area contributed by atoms with Gasteiger partial charge in [-0.25, -0.2) is 0 Å². The molecule has 0 aliphatic heterocycles. The molecule has 0 aliphatic carbocycles. The number of para-hydroxylation sites is 1. The Kier molecular flexibility index (Phi) is 4.17. The molecule has 1 aromatic carbocycles. The number of nitrogens with zero attached hydrogens (tertiary/aromatic N) is 4. The largest absolute Gasteiger partial charge is 0.495 e. The topological polar surface area (TPSA) is 93.0 Å². The maximum absolute atomic E-state index is 9.12. The van der Waals surface area contributed by atoms with Gasteiger partial charge in [0.15, 0.2) is 0 Å². The zero-order chi connectivity index (χ0) is 14.5. The van der Waals surface area contributed by atoms with E-state index in [1.165, 1.54) is 14.2 Å². The second-order valence-electron chi connectivity index (χ2n) is 3.53. The van der Waals surface area contributed by atoms with E-state index >= 15 is 0 Å². The van der Waals surface area contributed by atoms with Crippen LogP contribution >= 0.6 is 11.6 Å². The van der Waals surface area contributed by atoms with E-state index in [4.69, 9.17) is 26.3 Å². The van der Waals surface area contributed by atoms with E-state index in [1.807, 2.05) is 0 Å². The van der Waals surface area contributed by atoms with Gasteiger partial charge in [0.1, 0.15) is 17.5 Å². The van der Waals surface area contributed by atoms with Gasteiger partial charge in [-0.1, -0.05) is 6.07 Å². The number of halogens is 1. The first kappa shape index (κ1) is 13.8. The number of nitriles is 1. The minimum Gasteiger partial charge on any atom is -0.495 e. The Morgan fingerprint density at radius 1 is 1.20 bits per heavy atom. The Morgan fingerprint density at radius 3 is 2.65 bits per heavy atom. The van der Waals surface area contributed by atoms with E-state index in [0.29, 0.717) is 17.0 Å². The SMILES string of the molecule is COc1nc(Cl)nc(Nc2c(C#N)cccc2OC)n1. The van der Waals surface area contributed by atoms with Gasteiger partial charge in [0.05, 0.1) is 19.8 Å². The number of benzene rings is 1. The molecule has 0 radical (unpaired) electrons. The van der Waals surface area contributed by atoms with Crippen LogP contribution in [0.25, 0.3) is 0 Å². The van der Waals surface area contributed by atoms with Gasteiger partial charge in [-0.05, 0) is 23.7 Å². The molecule has 0 spiro atoms. The average molecular weight is 292 g/mol. The molecule has 1 aromatic heterocycles. The number of hydrogen-bond donors (Lipinski definition) is 1. The summed E-state index contributed by atoms with van der Waals surface area (Å²) >= 11 is 5.76. The zero-order valence-corrected chi connectivity index (χ0v) is 11.5. The predicted octanol–water partition coefficient (Wildman–Crippen LogP) is 2.16. The lowest BCUT2D eigenvalue weighted by Gasteiger charge is -2.11. The van der Waals surface area contributed by atoms with E-state index in [1.54, 1.807) is 18.2 Å². The molecule has 0 amide bonds. The molecule has 0 saturated carbocycles. The number of nitrogens with one attached hydrogen (secondary N) is 1. The monoisotopic (exact) mass is 291 g/mol. The maximum Gasteiger partial charge on any atom is 0.322 e. The average Bonchev–Trinajstić information content (AvgIpc) is 2.46. The van der Waals surface area contributed by atoms with Crippen LogP contribution in [0.5, 0.6) is 11.8 Å². The van der Waals surface area contributed by atoms with Crippen molar-refractivity contribution in [2.24, 2.45) is 0 Å². The van der Waals surface area contributed by atoms with E-state index < -0.39 is 0 Å². The summed E-state index contributed by atoms with van der Waals surface area (Å²) in [7, 11) is 2.92. The summed E-state index contributed by atoms with van der Waals surface area (Å²) in [6.07, 6.45) is 0. The van der Waals surface area contributed by atoms with Gasteiger partial charge in [0.25, 0.3) is 0 Å².